The highest BCUT2D eigenvalue weighted by Crippen LogP contribution is 2.31. The molecule has 0 spiro atoms. The van der Waals surface area contributed by atoms with Crippen molar-refractivity contribution in [1.29, 1.82) is 0 Å². The number of hydrogen-bond acceptors (Lipinski definition) is 3. The Morgan fingerprint density at radius 2 is 2.14 bits per heavy atom. The number of hydrogen-bond donors (Lipinski definition) is 2. The van der Waals surface area contributed by atoms with Gasteiger partial charge in [0.2, 0.25) is 0 Å². The summed E-state index contributed by atoms with van der Waals surface area (Å²) in [4.78, 5) is 0. The van der Waals surface area contributed by atoms with Crippen LogP contribution in [0.3, 0.4) is 0 Å². The number of nitrogens with two attached hydrogens (primary N) is 1. The lowest BCUT2D eigenvalue weighted by Gasteiger charge is -2.14. The SMILES string of the molecule is CC[C@H](N)c1cc(OC)c(O)cc1C. The lowest BCUT2D eigenvalue weighted by Crippen LogP contribution is -2.10. The van der Waals surface area contributed by atoms with Crippen LogP contribution in [0.2, 0.25) is 0 Å². The predicted octanol–water partition coefficient (Wildman–Crippen LogP) is 2.12. The van der Waals surface area contributed by atoms with Gasteiger partial charge in [-0.25, -0.2) is 0 Å². The molecule has 0 amide bonds. The lowest BCUT2D eigenvalue weighted by atomic mass is 9.99. The molecule has 0 heterocycles. The van der Waals surface area contributed by atoms with Crippen molar-refractivity contribution in [3.05, 3.63) is 23.3 Å². The van der Waals surface area contributed by atoms with E-state index in [0.717, 1.165) is 17.5 Å². The summed E-state index contributed by atoms with van der Waals surface area (Å²) in [6.45, 7) is 3.97. The zero-order chi connectivity index (χ0) is 10.7. The zero-order valence-electron chi connectivity index (χ0n) is 8.87. The van der Waals surface area contributed by atoms with E-state index in [0.29, 0.717) is 5.75 Å². The van der Waals surface area contributed by atoms with Gasteiger partial charge in [-0.05, 0) is 36.6 Å². The number of benzene rings is 1. The quantitative estimate of drug-likeness (QED) is 0.776. The van der Waals surface area contributed by atoms with E-state index in [2.05, 4.69) is 0 Å². The topological polar surface area (TPSA) is 55.5 Å². The molecule has 0 saturated carbocycles. The van der Waals surface area contributed by atoms with Gasteiger partial charge in [0.25, 0.3) is 0 Å². The third kappa shape index (κ3) is 1.99. The molecule has 0 radical (unpaired) electrons. The maximum Gasteiger partial charge on any atom is 0.160 e. The van der Waals surface area contributed by atoms with Crippen LogP contribution in [0.4, 0.5) is 0 Å². The number of phenols is 1. The maximum absolute atomic E-state index is 9.50. The van der Waals surface area contributed by atoms with Crippen molar-refractivity contribution in [1.82, 2.24) is 0 Å². The molecule has 0 fully saturated rings. The lowest BCUT2D eigenvalue weighted by molar-refractivity contribution is 0.372. The standard InChI is InChI=1S/C11H17NO2/c1-4-9(12)8-6-11(14-3)10(13)5-7(8)2/h5-6,9,13H,4,12H2,1-3H3/t9-/m0/s1. The molecule has 0 unspecified atom stereocenters. The van der Waals surface area contributed by atoms with Gasteiger partial charge in [0, 0.05) is 6.04 Å². The molecule has 0 aromatic heterocycles. The van der Waals surface area contributed by atoms with Crippen LogP contribution in [0.25, 0.3) is 0 Å². The van der Waals surface area contributed by atoms with Gasteiger partial charge >= 0.3 is 0 Å². The highest BCUT2D eigenvalue weighted by molar-refractivity contribution is 5.47. The van der Waals surface area contributed by atoms with E-state index in [-0.39, 0.29) is 11.8 Å². The van der Waals surface area contributed by atoms with Gasteiger partial charge in [-0.15, -0.1) is 0 Å². The third-order valence-corrected chi connectivity index (χ3v) is 2.41. The van der Waals surface area contributed by atoms with Crippen LogP contribution in [0.1, 0.15) is 30.5 Å². The van der Waals surface area contributed by atoms with Gasteiger partial charge < -0.3 is 15.6 Å². The fourth-order valence-electron chi connectivity index (χ4n) is 1.47. The molecule has 0 bridgehead atoms. The third-order valence-electron chi connectivity index (χ3n) is 2.41. The van der Waals surface area contributed by atoms with E-state index in [1.807, 2.05) is 13.8 Å². The largest absolute Gasteiger partial charge is 0.504 e. The minimum Gasteiger partial charge on any atom is -0.504 e. The summed E-state index contributed by atoms with van der Waals surface area (Å²) in [7, 11) is 1.53. The van der Waals surface area contributed by atoms with Crippen molar-refractivity contribution in [3.8, 4) is 11.5 Å². The molecule has 0 saturated heterocycles. The molecule has 0 aliphatic heterocycles. The second-order valence-corrected chi connectivity index (χ2v) is 3.40. The Kier molecular flexibility index (Phi) is 3.36. The zero-order valence-corrected chi connectivity index (χ0v) is 8.87. The Bertz CT molecular complexity index is 323. The average molecular weight is 195 g/mol. The molecular weight excluding hydrogens is 178 g/mol. The van der Waals surface area contributed by atoms with E-state index in [9.17, 15) is 5.11 Å². The molecule has 1 aromatic rings. The van der Waals surface area contributed by atoms with Crippen molar-refractivity contribution in [2.45, 2.75) is 26.3 Å². The molecule has 0 aliphatic rings. The molecule has 3 N–H and O–H groups in total. The number of aryl methyl sites for hydroxylation is 1. The molecule has 1 atom stereocenters. The average Bonchev–Trinajstić information content (AvgIpc) is 2.17. The Morgan fingerprint density at radius 3 is 2.64 bits per heavy atom. The number of phenolic OH excluding ortho intramolecular Hbond substituents is 1. The van der Waals surface area contributed by atoms with Gasteiger partial charge in [-0.1, -0.05) is 6.92 Å². The van der Waals surface area contributed by atoms with E-state index < -0.39 is 0 Å². The van der Waals surface area contributed by atoms with Crippen LogP contribution in [-0.2, 0) is 0 Å². The smallest absolute Gasteiger partial charge is 0.160 e. The first-order chi connectivity index (χ1) is 6.60. The first kappa shape index (κ1) is 10.9. The normalized spacial score (nSPS) is 12.6. The summed E-state index contributed by atoms with van der Waals surface area (Å²) >= 11 is 0. The van der Waals surface area contributed by atoms with Crippen LogP contribution in [0.15, 0.2) is 12.1 Å². The van der Waals surface area contributed by atoms with Crippen LogP contribution >= 0.6 is 0 Å². The summed E-state index contributed by atoms with van der Waals surface area (Å²) < 4.78 is 5.03. The minimum absolute atomic E-state index is 0.00417. The van der Waals surface area contributed by atoms with Crippen molar-refractivity contribution in [2.24, 2.45) is 5.73 Å². The van der Waals surface area contributed by atoms with Gasteiger partial charge in [0.1, 0.15) is 0 Å². The van der Waals surface area contributed by atoms with E-state index >= 15 is 0 Å². The minimum atomic E-state index is 0.00417. The van der Waals surface area contributed by atoms with Crippen molar-refractivity contribution >= 4 is 0 Å². The van der Waals surface area contributed by atoms with Crippen molar-refractivity contribution in [3.63, 3.8) is 0 Å². The van der Waals surface area contributed by atoms with Crippen LogP contribution in [0.5, 0.6) is 11.5 Å². The van der Waals surface area contributed by atoms with Crippen LogP contribution in [0, 0.1) is 6.92 Å². The highest BCUT2D eigenvalue weighted by Gasteiger charge is 2.11. The summed E-state index contributed by atoms with van der Waals surface area (Å²) in [5, 5.41) is 9.50. The molecule has 14 heavy (non-hydrogen) atoms. The van der Waals surface area contributed by atoms with Gasteiger partial charge in [0.15, 0.2) is 11.5 Å². The second kappa shape index (κ2) is 4.33. The first-order valence-corrected chi connectivity index (χ1v) is 4.73. The number of methoxy groups -OCH3 is 1. The van der Waals surface area contributed by atoms with E-state index in [1.54, 1.807) is 12.1 Å². The molecule has 3 nitrogen and oxygen atoms in total. The fraction of sp³-hybridized carbons (Fsp3) is 0.455. The van der Waals surface area contributed by atoms with Crippen molar-refractivity contribution in [2.75, 3.05) is 7.11 Å². The van der Waals surface area contributed by atoms with Crippen molar-refractivity contribution < 1.29 is 9.84 Å². The monoisotopic (exact) mass is 195 g/mol. The van der Waals surface area contributed by atoms with Crippen LogP contribution < -0.4 is 10.5 Å². The summed E-state index contributed by atoms with van der Waals surface area (Å²) in [6, 6.07) is 3.49. The molecular formula is C11H17NO2. The maximum atomic E-state index is 9.50. The Hall–Kier alpha value is -1.22. The summed E-state index contributed by atoms with van der Waals surface area (Å²) in [5.41, 5.74) is 7.96. The Morgan fingerprint density at radius 1 is 1.50 bits per heavy atom. The van der Waals surface area contributed by atoms with E-state index in [4.69, 9.17) is 10.5 Å². The van der Waals surface area contributed by atoms with Gasteiger partial charge in [-0.3, -0.25) is 0 Å². The first-order valence-electron chi connectivity index (χ1n) is 4.73. The van der Waals surface area contributed by atoms with Crippen LogP contribution in [-0.4, -0.2) is 12.2 Å². The van der Waals surface area contributed by atoms with E-state index in [1.165, 1.54) is 7.11 Å². The number of aromatic hydroxyl groups is 1. The summed E-state index contributed by atoms with van der Waals surface area (Å²) in [5.74, 6) is 0.645. The number of rotatable bonds is 3. The van der Waals surface area contributed by atoms with Gasteiger partial charge in [-0.2, -0.15) is 0 Å². The molecule has 3 heteroatoms. The molecule has 0 aliphatic carbocycles. The summed E-state index contributed by atoms with van der Waals surface area (Å²) in [6.07, 6.45) is 0.870. The highest BCUT2D eigenvalue weighted by atomic mass is 16.5. The molecule has 1 aromatic carbocycles. The fourth-order valence-corrected chi connectivity index (χ4v) is 1.47. The molecule has 78 valence electrons. The Balaban J connectivity index is 3.17. The second-order valence-electron chi connectivity index (χ2n) is 3.40. The Labute approximate surface area is 84.5 Å². The molecule has 1 rings (SSSR count). The van der Waals surface area contributed by atoms with Gasteiger partial charge in [0.05, 0.1) is 7.11 Å². The predicted molar refractivity (Wildman–Crippen MR) is 56.6 cm³/mol. The number of ether oxygens (including phenoxy) is 1.